The van der Waals surface area contributed by atoms with Crippen LogP contribution in [0.15, 0.2) is 72.8 Å². The van der Waals surface area contributed by atoms with Gasteiger partial charge in [0.15, 0.2) is 0 Å². The summed E-state index contributed by atoms with van der Waals surface area (Å²) in [5, 5.41) is 6.51. The molecule has 4 aromatic rings. The summed E-state index contributed by atoms with van der Waals surface area (Å²) in [6.07, 6.45) is 0. The standard InChI is InChI=1S/C36H40B2Cl4N2O2/c1-22-5-9-26(15-30(22)39)35(20-45-37,27-10-6-23(2)31(40)16-27)34-19-43-13-14-44(34)36(21-46-38,28-11-7-24(3)32(41)17-28)29-12-8-25(4)33(42)18-29/h5-12,15-18,34,43H,13-14,19-21,37-38H2,1-4H3. The maximum Gasteiger partial charge on any atom is 0.257 e. The fraction of sp³-hybridized carbons (Fsp3) is 0.333. The first-order chi connectivity index (χ1) is 22.0. The molecule has 46 heavy (non-hydrogen) atoms. The monoisotopic (exact) mass is 694 g/mol. The fourth-order valence-electron chi connectivity index (χ4n) is 7.04. The van der Waals surface area contributed by atoms with Gasteiger partial charge in [0.1, 0.15) is 0 Å². The Labute approximate surface area is 295 Å². The third kappa shape index (κ3) is 6.41. The van der Waals surface area contributed by atoms with Crippen molar-refractivity contribution in [3.8, 4) is 0 Å². The van der Waals surface area contributed by atoms with Crippen molar-refractivity contribution in [1.29, 1.82) is 0 Å². The summed E-state index contributed by atoms with van der Waals surface area (Å²) in [5.74, 6) is 0. The third-order valence-electron chi connectivity index (χ3n) is 9.70. The molecule has 0 aromatic heterocycles. The molecule has 0 bridgehead atoms. The molecule has 0 amide bonds. The van der Waals surface area contributed by atoms with Crippen LogP contribution in [0.2, 0.25) is 20.1 Å². The normalized spacial score (nSPS) is 16.1. The highest BCUT2D eigenvalue weighted by atomic mass is 35.5. The number of nitrogens with zero attached hydrogens (tertiary/aromatic N) is 1. The summed E-state index contributed by atoms with van der Waals surface area (Å²) in [6.45, 7) is 10.9. The molecule has 1 aliphatic heterocycles. The number of aryl methyl sites for hydroxylation is 4. The Hall–Kier alpha value is -1.99. The quantitative estimate of drug-likeness (QED) is 0.179. The molecule has 0 aliphatic carbocycles. The van der Waals surface area contributed by atoms with Gasteiger partial charge in [0.2, 0.25) is 0 Å². The van der Waals surface area contributed by atoms with Crippen LogP contribution in [0.3, 0.4) is 0 Å². The van der Waals surface area contributed by atoms with Gasteiger partial charge in [-0.1, -0.05) is 94.9 Å². The Kier molecular flexibility index (Phi) is 11.2. The lowest BCUT2D eigenvalue weighted by atomic mass is 9.66. The zero-order chi connectivity index (χ0) is 33.2. The predicted molar refractivity (Wildman–Crippen MR) is 199 cm³/mol. The first-order valence-corrected chi connectivity index (χ1v) is 17.0. The SMILES string of the molecule is BOCC(c1ccc(C)c(Cl)c1)(c1ccc(C)c(Cl)c1)C1CNCCN1C(COB)(c1ccc(C)c(Cl)c1)c1ccc(C)c(Cl)c1. The highest BCUT2D eigenvalue weighted by Gasteiger charge is 2.53. The van der Waals surface area contributed by atoms with E-state index in [4.69, 9.17) is 55.7 Å². The molecule has 4 aromatic carbocycles. The molecule has 1 N–H and O–H groups in total. The summed E-state index contributed by atoms with van der Waals surface area (Å²) in [7, 11) is 3.50. The van der Waals surface area contributed by atoms with Crippen LogP contribution in [-0.4, -0.2) is 59.9 Å². The highest BCUT2D eigenvalue weighted by Crippen LogP contribution is 2.48. The summed E-state index contributed by atoms with van der Waals surface area (Å²) >= 11 is 27.6. The second-order valence-corrected chi connectivity index (χ2v) is 14.1. The van der Waals surface area contributed by atoms with E-state index in [0.717, 1.165) is 51.1 Å². The molecule has 0 saturated carbocycles. The molecule has 1 atom stereocenters. The van der Waals surface area contributed by atoms with Gasteiger partial charge in [-0.2, -0.15) is 0 Å². The van der Waals surface area contributed by atoms with Crippen molar-refractivity contribution in [2.24, 2.45) is 0 Å². The van der Waals surface area contributed by atoms with Crippen LogP contribution in [0.25, 0.3) is 0 Å². The minimum atomic E-state index is -0.780. The average molecular weight is 696 g/mol. The molecule has 10 heteroatoms. The lowest BCUT2D eigenvalue weighted by Gasteiger charge is -2.56. The lowest BCUT2D eigenvalue weighted by Crippen LogP contribution is -2.68. The van der Waals surface area contributed by atoms with E-state index >= 15 is 0 Å². The van der Waals surface area contributed by atoms with Crippen molar-refractivity contribution in [3.63, 3.8) is 0 Å². The maximum absolute atomic E-state index is 6.89. The summed E-state index contributed by atoms with van der Waals surface area (Å²) in [6, 6.07) is 25.1. The van der Waals surface area contributed by atoms with E-state index in [0.29, 0.717) is 46.4 Å². The minimum Gasteiger partial charge on any atom is -0.443 e. The Morgan fingerprint density at radius 1 is 0.652 bits per heavy atom. The Balaban J connectivity index is 1.89. The van der Waals surface area contributed by atoms with Gasteiger partial charge in [0.05, 0.1) is 17.6 Å². The third-order valence-corrected chi connectivity index (χ3v) is 11.3. The van der Waals surface area contributed by atoms with E-state index in [2.05, 4.69) is 83.0 Å². The zero-order valence-electron chi connectivity index (χ0n) is 27.3. The molecule has 1 aliphatic rings. The van der Waals surface area contributed by atoms with Crippen LogP contribution in [0, 0.1) is 27.7 Å². The van der Waals surface area contributed by atoms with Crippen molar-refractivity contribution in [3.05, 3.63) is 137 Å². The van der Waals surface area contributed by atoms with Gasteiger partial charge in [-0.15, -0.1) is 0 Å². The number of rotatable bonds is 10. The average Bonchev–Trinajstić information content (AvgIpc) is 3.04. The van der Waals surface area contributed by atoms with Crippen LogP contribution < -0.4 is 5.32 Å². The zero-order valence-corrected chi connectivity index (χ0v) is 30.3. The number of hydrogen-bond donors (Lipinski definition) is 1. The Morgan fingerprint density at radius 3 is 1.43 bits per heavy atom. The molecule has 0 spiro atoms. The fourth-order valence-corrected chi connectivity index (χ4v) is 7.76. The van der Waals surface area contributed by atoms with Crippen molar-refractivity contribution in [2.45, 2.75) is 44.7 Å². The highest BCUT2D eigenvalue weighted by molar-refractivity contribution is 6.32. The second kappa shape index (κ2) is 14.6. The van der Waals surface area contributed by atoms with E-state index in [1.165, 1.54) is 0 Å². The van der Waals surface area contributed by atoms with E-state index in [1.807, 2.05) is 27.7 Å². The van der Waals surface area contributed by atoms with Crippen LogP contribution in [0.4, 0.5) is 0 Å². The van der Waals surface area contributed by atoms with Gasteiger partial charge in [0.25, 0.3) is 16.1 Å². The summed E-state index contributed by atoms with van der Waals surface area (Å²) in [5.41, 5.74) is 6.66. The smallest absolute Gasteiger partial charge is 0.257 e. The van der Waals surface area contributed by atoms with E-state index in [1.54, 1.807) is 16.1 Å². The Morgan fingerprint density at radius 2 is 1.04 bits per heavy atom. The van der Waals surface area contributed by atoms with Gasteiger partial charge in [-0.25, -0.2) is 0 Å². The van der Waals surface area contributed by atoms with Crippen molar-refractivity contribution in [2.75, 3.05) is 32.8 Å². The molecular weight excluding hydrogens is 656 g/mol. The molecule has 0 radical (unpaired) electrons. The number of halogens is 4. The van der Waals surface area contributed by atoms with Crippen molar-refractivity contribution < 1.29 is 9.31 Å². The van der Waals surface area contributed by atoms with E-state index < -0.39 is 11.0 Å². The van der Waals surface area contributed by atoms with Crippen molar-refractivity contribution in [1.82, 2.24) is 10.2 Å². The van der Waals surface area contributed by atoms with Crippen LogP contribution in [-0.2, 0) is 20.3 Å². The molecule has 4 nitrogen and oxygen atoms in total. The van der Waals surface area contributed by atoms with Crippen LogP contribution in [0.1, 0.15) is 44.5 Å². The minimum absolute atomic E-state index is 0.172. The topological polar surface area (TPSA) is 33.7 Å². The number of hydrogen-bond acceptors (Lipinski definition) is 4. The molecule has 240 valence electrons. The first kappa shape index (κ1) is 35.3. The van der Waals surface area contributed by atoms with Gasteiger partial charge in [0, 0.05) is 52.4 Å². The maximum atomic E-state index is 6.89. The molecule has 1 fully saturated rings. The summed E-state index contributed by atoms with van der Waals surface area (Å²) < 4.78 is 12.4. The first-order valence-electron chi connectivity index (χ1n) is 15.5. The van der Waals surface area contributed by atoms with E-state index in [9.17, 15) is 0 Å². The second-order valence-electron chi connectivity index (χ2n) is 12.5. The molecule has 5 rings (SSSR count). The lowest BCUT2D eigenvalue weighted by molar-refractivity contribution is -0.0166. The summed E-state index contributed by atoms with van der Waals surface area (Å²) in [4.78, 5) is 2.57. The van der Waals surface area contributed by atoms with Gasteiger partial charge in [-0.3, -0.25) is 4.90 Å². The van der Waals surface area contributed by atoms with E-state index in [-0.39, 0.29) is 6.04 Å². The van der Waals surface area contributed by atoms with Crippen molar-refractivity contribution >= 4 is 62.5 Å². The number of piperazine rings is 1. The number of benzene rings is 4. The van der Waals surface area contributed by atoms with Gasteiger partial charge >= 0.3 is 0 Å². The largest absolute Gasteiger partial charge is 0.443 e. The van der Waals surface area contributed by atoms with Gasteiger partial charge < -0.3 is 14.6 Å². The Bertz CT molecular complexity index is 1490. The molecular formula is C36H40B2Cl4N2O2. The molecule has 1 unspecified atom stereocenters. The molecule has 1 heterocycles. The predicted octanol–water partition coefficient (Wildman–Crippen LogP) is 7.17. The van der Waals surface area contributed by atoms with Crippen LogP contribution in [0.5, 0.6) is 0 Å². The van der Waals surface area contributed by atoms with Crippen LogP contribution >= 0.6 is 46.4 Å². The van der Waals surface area contributed by atoms with Gasteiger partial charge in [-0.05, 0) is 96.5 Å². The molecule has 1 saturated heterocycles. The number of nitrogens with one attached hydrogen (secondary N) is 1.